The summed E-state index contributed by atoms with van der Waals surface area (Å²) < 4.78 is 5.88. The molecule has 0 saturated heterocycles. The van der Waals surface area contributed by atoms with E-state index >= 15 is 0 Å². The van der Waals surface area contributed by atoms with Crippen LogP contribution in [0.25, 0.3) is 11.0 Å². The van der Waals surface area contributed by atoms with Crippen molar-refractivity contribution in [3.63, 3.8) is 0 Å². The van der Waals surface area contributed by atoms with E-state index in [0.717, 1.165) is 48.0 Å². The number of aryl methyl sites for hydroxylation is 1. The zero-order valence-electron chi connectivity index (χ0n) is 12.5. The second kappa shape index (κ2) is 4.76. The van der Waals surface area contributed by atoms with Gasteiger partial charge in [-0.25, -0.2) is 0 Å². The number of benzene rings is 1. The molecule has 106 valence electrons. The van der Waals surface area contributed by atoms with Gasteiger partial charge in [-0.05, 0) is 24.3 Å². The fourth-order valence-corrected chi connectivity index (χ4v) is 3.60. The van der Waals surface area contributed by atoms with Crippen LogP contribution in [0.2, 0.25) is 0 Å². The summed E-state index contributed by atoms with van der Waals surface area (Å²) in [5.41, 5.74) is 1.78. The summed E-state index contributed by atoms with van der Waals surface area (Å²) >= 11 is 0. The van der Waals surface area contributed by atoms with E-state index in [0.29, 0.717) is 0 Å². The van der Waals surface area contributed by atoms with Crippen LogP contribution in [0.15, 0.2) is 28.7 Å². The van der Waals surface area contributed by atoms with E-state index in [1.54, 1.807) is 0 Å². The van der Waals surface area contributed by atoms with Crippen LogP contribution in [-0.2, 0) is 6.42 Å². The second-order valence-corrected chi connectivity index (χ2v) is 6.55. The zero-order valence-corrected chi connectivity index (χ0v) is 12.5. The Morgan fingerprint density at radius 2 is 2.10 bits per heavy atom. The molecule has 0 radical (unpaired) electrons. The Morgan fingerprint density at radius 1 is 1.35 bits per heavy atom. The number of rotatable bonds is 3. The lowest BCUT2D eigenvalue weighted by atomic mass is 9.77. The number of hydrogen-bond donors (Lipinski definition) is 0. The molecule has 20 heavy (non-hydrogen) atoms. The third-order valence-electron chi connectivity index (χ3n) is 4.81. The molecule has 0 aliphatic heterocycles. The van der Waals surface area contributed by atoms with E-state index in [9.17, 15) is 4.79 Å². The average molecular weight is 270 g/mol. The number of hydrogen-bond acceptors (Lipinski definition) is 2. The fourth-order valence-electron chi connectivity index (χ4n) is 3.60. The molecule has 2 aromatic rings. The number of furan rings is 1. The van der Waals surface area contributed by atoms with Gasteiger partial charge in [-0.1, -0.05) is 45.4 Å². The minimum atomic E-state index is 0.112. The Balaban J connectivity index is 2.11. The molecule has 1 saturated carbocycles. The smallest absolute Gasteiger partial charge is 0.170 e. The highest BCUT2D eigenvalue weighted by molar-refractivity contribution is 6.09. The third kappa shape index (κ3) is 1.98. The van der Waals surface area contributed by atoms with Crippen LogP contribution in [0.1, 0.15) is 56.2 Å². The Hall–Kier alpha value is -1.57. The summed E-state index contributed by atoms with van der Waals surface area (Å²) in [5.74, 6) is 1.27. The van der Waals surface area contributed by atoms with Crippen molar-refractivity contribution < 1.29 is 9.21 Å². The molecule has 1 fully saturated rings. The van der Waals surface area contributed by atoms with Gasteiger partial charge in [0.15, 0.2) is 5.78 Å². The molecular formula is C18H22O2. The van der Waals surface area contributed by atoms with Gasteiger partial charge in [0.2, 0.25) is 0 Å². The standard InChI is InChI=1S/C18H22O2/c1-4-14-16(12-8-5-6-10-15(12)20-14)17(19)13-9-7-11-18(13,2)3/h5-6,8,10,13H,4,7,9,11H2,1-3H3. The van der Waals surface area contributed by atoms with Crippen LogP contribution in [-0.4, -0.2) is 5.78 Å². The first-order valence-corrected chi connectivity index (χ1v) is 7.59. The lowest BCUT2D eigenvalue weighted by Crippen LogP contribution is -2.26. The monoisotopic (exact) mass is 270 g/mol. The molecule has 1 heterocycles. The maximum atomic E-state index is 13.1. The van der Waals surface area contributed by atoms with Crippen molar-refractivity contribution in [1.82, 2.24) is 0 Å². The van der Waals surface area contributed by atoms with E-state index in [2.05, 4.69) is 13.8 Å². The first kappa shape index (κ1) is 13.4. The van der Waals surface area contributed by atoms with Crippen LogP contribution in [0.5, 0.6) is 0 Å². The van der Waals surface area contributed by atoms with Gasteiger partial charge >= 0.3 is 0 Å². The lowest BCUT2D eigenvalue weighted by molar-refractivity contribution is 0.0838. The summed E-state index contributed by atoms with van der Waals surface area (Å²) in [6.45, 7) is 6.49. The highest BCUT2D eigenvalue weighted by Crippen LogP contribution is 2.45. The molecule has 1 aromatic carbocycles. The predicted octanol–water partition coefficient (Wildman–Crippen LogP) is 5.00. The van der Waals surface area contributed by atoms with Crippen LogP contribution in [0, 0.1) is 11.3 Å². The van der Waals surface area contributed by atoms with Crippen LogP contribution >= 0.6 is 0 Å². The van der Waals surface area contributed by atoms with Crippen molar-refractivity contribution in [2.45, 2.75) is 46.5 Å². The minimum absolute atomic E-state index is 0.112. The maximum Gasteiger partial charge on any atom is 0.170 e. The van der Waals surface area contributed by atoms with Gasteiger partial charge in [0, 0.05) is 17.7 Å². The van der Waals surface area contributed by atoms with Crippen molar-refractivity contribution in [3.05, 3.63) is 35.6 Å². The van der Waals surface area contributed by atoms with Gasteiger partial charge < -0.3 is 4.42 Å². The highest BCUT2D eigenvalue weighted by atomic mass is 16.3. The van der Waals surface area contributed by atoms with E-state index in [1.165, 1.54) is 0 Å². The number of carbonyl (C=O) groups excluding carboxylic acids is 1. The number of fused-ring (bicyclic) bond motifs is 1. The van der Waals surface area contributed by atoms with E-state index < -0.39 is 0 Å². The molecule has 0 bridgehead atoms. The SMILES string of the molecule is CCc1oc2ccccc2c1C(=O)C1CCCC1(C)C. The summed E-state index contributed by atoms with van der Waals surface area (Å²) in [4.78, 5) is 13.1. The van der Waals surface area contributed by atoms with Gasteiger partial charge in [-0.3, -0.25) is 4.79 Å². The van der Waals surface area contributed by atoms with E-state index in [1.807, 2.05) is 31.2 Å². The normalized spacial score (nSPS) is 21.4. The molecule has 0 N–H and O–H groups in total. The Morgan fingerprint density at radius 3 is 2.75 bits per heavy atom. The van der Waals surface area contributed by atoms with Crippen LogP contribution in [0.3, 0.4) is 0 Å². The molecule has 1 atom stereocenters. The molecular weight excluding hydrogens is 248 g/mol. The van der Waals surface area contributed by atoms with Crippen molar-refractivity contribution >= 4 is 16.8 Å². The first-order chi connectivity index (χ1) is 9.54. The predicted molar refractivity (Wildman–Crippen MR) is 81.0 cm³/mol. The molecule has 0 amide bonds. The highest BCUT2D eigenvalue weighted by Gasteiger charge is 2.41. The molecule has 1 unspecified atom stereocenters. The number of ketones is 1. The van der Waals surface area contributed by atoms with Crippen LogP contribution in [0.4, 0.5) is 0 Å². The summed E-state index contributed by atoms with van der Waals surface area (Å²) in [6, 6.07) is 7.89. The quantitative estimate of drug-likeness (QED) is 0.734. The molecule has 2 nitrogen and oxygen atoms in total. The van der Waals surface area contributed by atoms with Crippen molar-refractivity contribution in [2.24, 2.45) is 11.3 Å². The van der Waals surface area contributed by atoms with Gasteiger partial charge in [-0.2, -0.15) is 0 Å². The Kier molecular flexibility index (Phi) is 3.19. The van der Waals surface area contributed by atoms with Crippen molar-refractivity contribution in [2.75, 3.05) is 0 Å². The average Bonchev–Trinajstić information content (AvgIpc) is 2.97. The topological polar surface area (TPSA) is 30.2 Å². The van der Waals surface area contributed by atoms with Gasteiger partial charge in [0.05, 0.1) is 5.56 Å². The largest absolute Gasteiger partial charge is 0.460 e. The van der Waals surface area contributed by atoms with Gasteiger partial charge in [0.25, 0.3) is 0 Å². The van der Waals surface area contributed by atoms with Gasteiger partial charge in [0.1, 0.15) is 11.3 Å². The number of Topliss-reactive ketones (excluding diaryl/α,β-unsaturated/α-hetero) is 1. The fraction of sp³-hybridized carbons (Fsp3) is 0.500. The van der Waals surface area contributed by atoms with E-state index in [4.69, 9.17) is 4.42 Å². The number of carbonyl (C=O) groups is 1. The van der Waals surface area contributed by atoms with Gasteiger partial charge in [-0.15, -0.1) is 0 Å². The molecule has 2 heteroatoms. The second-order valence-electron chi connectivity index (χ2n) is 6.55. The Bertz CT molecular complexity index is 648. The molecule has 1 aliphatic rings. The van der Waals surface area contributed by atoms with E-state index in [-0.39, 0.29) is 17.1 Å². The Labute approximate surface area is 120 Å². The summed E-state index contributed by atoms with van der Waals surface area (Å²) in [5, 5.41) is 0.983. The molecule has 1 aliphatic carbocycles. The molecule has 3 rings (SSSR count). The molecule has 1 aromatic heterocycles. The number of para-hydroxylation sites is 1. The molecule has 0 spiro atoms. The lowest BCUT2D eigenvalue weighted by Gasteiger charge is -2.25. The zero-order chi connectivity index (χ0) is 14.3. The van der Waals surface area contributed by atoms with Crippen molar-refractivity contribution in [1.29, 1.82) is 0 Å². The summed E-state index contributed by atoms with van der Waals surface area (Å²) in [7, 11) is 0. The maximum absolute atomic E-state index is 13.1. The first-order valence-electron chi connectivity index (χ1n) is 7.59. The van der Waals surface area contributed by atoms with Crippen molar-refractivity contribution in [3.8, 4) is 0 Å². The summed E-state index contributed by atoms with van der Waals surface area (Å²) in [6.07, 6.45) is 4.07. The minimum Gasteiger partial charge on any atom is -0.460 e. The third-order valence-corrected chi connectivity index (χ3v) is 4.81. The van der Waals surface area contributed by atoms with Crippen LogP contribution < -0.4 is 0 Å².